The van der Waals surface area contributed by atoms with E-state index in [0.29, 0.717) is 17.5 Å². The van der Waals surface area contributed by atoms with Crippen LogP contribution in [0.1, 0.15) is 18.9 Å². The molecular formula is C20H24ClF6N3O2. The Bertz CT molecular complexity index is 798. The van der Waals surface area contributed by atoms with E-state index >= 15 is 0 Å². The predicted octanol–water partition coefficient (Wildman–Crippen LogP) is 4.93. The summed E-state index contributed by atoms with van der Waals surface area (Å²) in [4.78, 5) is 17.0. The van der Waals surface area contributed by atoms with Crippen molar-refractivity contribution in [1.82, 2.24) is 9.80 Å². The highest BCUT2D eigenvalue weighted by molar-refractivity contribution is 6.30. The zero-order valence-electron chi connectivity index (χ0n) is 17.3. The maximum atomic E-state index is 12.6. The van der Waals surface area contributed by atoms with Crippen LogP contribution in [0.15, 0.2) is 18.2 Å². The fourth-order valence-corrected chi connectivity index (χ4v) is 4.11. The van der Waals surface area contributed by atoms with Crippen molar-refractivity contribution in [2.24, 2.45) is 5.92 Å². The number of anilines is 1. The number of benzene rings is 1. The Morgan fingerprint density at radius 3 is 2.25 bits per heavy atom. The molecule has 1 unspecified atom stereocenters. The zero-order chi connectivity index (χ0) is 23.7. The second-order valence-corrected chi connectivity index (χ2v) is 8.66. The van der Waals surface area contributed by atoms with Crippen molar-refractivity contribution in [2.75, 3.05) is 44.2 Å². The number of rotatable bonds is 4. The van der Waals surface area contributed by atoms with Gasteiger partial charge in [0.1, 0.15) is 0 Å². The molecule has 2 fully saturated rings. The molecule has 0 spiro atoms. The van der Waals surface area contributed by atoms with E-state index in [4.69, 9.17) is 11.6 Å². The van der Waals surface area contributed by atoms with Crippen LogP contribution >= 0.6 is 11.6 Å². The van der Waals surface area contributed by atoms with Crippen molar-refractivity contribution < 1.29 is 35.9 Å². The molecule has 0 aromatic heterocycles. The molecule has 2 heterocycles. The molecule has 0 N–H and O–H groups in total. The minimum absolute atomic E-state index is 0.0368. The topological polar surface area (TPSA) is 36.0 Å². The van der Waals surface area contributed by atoms with Gasteiger partial charge in [0.25, 0.3) is 6.10 Å². The summed E-state index contributed by atoms with van der Waals surface area (Å²) in [5.41, 5.74) is 2.04. The summed E-state index contributed by atoms with van der Waals surface area (Å²) >= 11 is 6.18. The Labute approximate surface area is 186 Å². The number of ether oxygens (including phenoxy) is 1. The standard InChI is InChI=1S/C20H24ClF6N3O2/c1-13-4-5-30(11-13)16-10-15(21)3-2-14(16)12-28-6-8-29(9-7-28)18(31)32-17(19(22,23)24)20(25,26)27/h2-3,10,13,17H,4-9,11-12H2,1H3. The van der Waals surface area contributed by atoms with E-state index in [9.17, 15) is 31.1 Å². The number of amides is 1. The highest BCUT2D eigenvalue weighted by atomic mass is 35.5. The summed E-state index contributed by atoms with van der Waals surface area (Å²) in [6.07, 6.45) is -16.1. The quantitative estimate of drug-likeness (QED) is 0.564. The van der Waals surface area contributed by atoms with Crippen LogP contribution in [0.3, 0.4) is 0 Å². The summed E-state index contributed by atoms with van der Waals surface area (Å²) in [5, 5.41) is 0.611. The van der Waals surface area contributed by atoms with Gasteiger partial charge in [-0.1, -0.05) is 24.6 Å². The number of carbonyl (C=O) groups excluding carboxylic acids is 1. The molecule has 12 heteroatoms. The van der Waals surface area contributed by atoms with Crippen LogP contribution in [0, 0.1) is 5.92 Å². The Morgan fingerprint density at radius 1 is 1.09 bits per heavy atom. The van der Waals surface area contributed by atoms with Gasteiger partial charge in [-0.25, -0.2) is 4.79 Å². The molecule has 1 amide bonds. The number of carbonyl (C=O) groups is 1. The third kappa shape index (κ3) is 6.12. The van der Waals surface area contributed by atoms with Gasteiger partial charge in [0.15, 0.2) is 0 Å². The average Bonchev–Trinajstić information content (AvgIpc) is 3.12. The number of halogens is 7. The van der Waals surface area contributed by atoms with Gasteiger partial charge in [-0.15, -0.1) is 0 Å². The third-order valence-corrected chi connectivity index (χ3v) is 5.88. The second-order valence-electron chi connectivity index (χ2n) is 8.22. The summed E-state index contributed by atoms with van der Waals surface area (Å²) in [6, 6.07) is 5.59. The molecule has 0 radical (unpaired) electrons. The summed E-state index contributed by atoms with van der Waals surface area (Å²) in [5.74, 6) is 0.564. The summed E-state index contributed by atoms with van der Waals surface area (Å²) in [7, 11) is 0. The number of hydrogen-bond donors (Lipinski definition) is 0. The minimum atomic E-state index is -5.73. The largest absolute Gasteiger partial charge is 0.434 e. The van der Waals surface area contributed by atoms with Gasteiger partial charge in [-0.3, -0.25) is 4.90 Å². The van der Waals surface area contributed by atoms with Crippen molar-refractivity contribution in [1.29, 1.82) is 0 Å². The first-order valence-corrected chi connectivity index (χ1v) is 10.6. The Morgan fingerprint density at radius 2 is 1.72 bits per heavy atom. The van der Waals surface area contributed by atoms with Gasteiger partial charge in [-0.2, -0.15) is 26.3 Å². The molecule has 180 valence electrons. The third-order valence-electron chi connectivity index (χ3n) is 5.65. The maximum absolute atomic E-state index is 12.6. The fourth-order valence-electron chi connectivity index (χ4n) is 3.94. The Hall–Kier alpha value is -1.88. The van der Waals surface area contributed by atoms with Crippen LogP contribution in [0.5, 0.6) is 0 Å². The number of piperazine rings is 1. The van der Waals surface area contributed by atoms with Crippen LogP contribution < -0.4 is 4.90 Å². The molecule has 32 heavy (non-hydrogen) atoms. The molecular weight excluding hydrogens is 464 g/mol. The van der Waals surface area contributed by atoms with E-state index in [1.165, 1.54) is 0 Å². The van der Waals surface area contributed by atoms with Crippen molar-refractivity contribution in [2.45, 2.75) is 38.3 Å². The predicted molar refractivity (Wildman–Crippen MR) is 107 cm³/mol. The lowest BCUT2D eigenvalue weighted by Gasteiger charge is -2.36. The van der Waals surface area contributed by atoms with E-state index in [1.807, 2.05) is 17.0 Å². The molecule has 3 rings (SSSR count). The molecule has 1 aromatic rings. The smallest absolute Gasteiger partial charge is 0.426 e. The molecule has 2 aliphatic rings. The lowest BCUT2D eigenvalue weighted by Crippen LogP contribution is -2.52. The summed E-state index contributed by atoms with van der Waals surface area (Å²) < 4.78 is 79.6. The van der Waals surface area contributed by atoms with E-state index < -0.39 is 24.5 Å². The summed E-state index contributed by atoms with van der Waals surface area (Å²) in [6.45, 7) is 5.02. The lowest BCUT2D eigenvalue weighted by molar-refractivity contribution is -0.308. The van der Waals surface area contributed by atoms with Gasteiger partial charge < -0.3 is 14.5 Å². The zero-order valence-corrected chi connectivity index (χ0v) is 18.1. The van der Waals surface area contributed by atoms with Crippen LogP contribution in [0.2, 0.25) is 5.02 Å². The Balaban J connectivity index is 1.59. The highest BCUT2D eigenvalue weighted by Crippen LogP contribution is 2.36. The van der Waals surface area contributed by atoms with Crippen LogP contribution in [-0.4, -0.2) is 73.6 Å². The monoisotopic (exact) mass is 487 g/mol. The average molecular weight is 488 g/mol. The van der Waals surface area contributed by atoms with Gasteiger partial charge in [0, 0.05) is 56.5 Å². The first-order chi connectivity index (χ1) is 14.8. The van der Waals surface area contributed by atoms with Crippen LogP contribution in [0.4, 0.5) is 36.8 Å². The van der Waals surface area contributed by atoms with Gasteiger partial charge >= 0.3 is 18.4 Å². The molecule has 1 atom stereocenters. The number of hydrogen-bond acceptors (Lipinski definition) is 4. The molecule has 2 saturated heterocycles. The fraction of sp³-hybridized carbons (Fsp3) is 0.650. The molecule has 0 saturated carbocycles. The molecule has 2 aliphatic heterocycles. The highest BCUT2D eigenvalue weighted by Gasteiger charge is 2.60. The molecule has 1 aromatic carbocycles. The number of alkyl halides is 6. The van der Waals surface area contributed by atoms with Gasteiger partial charge in [0.2, 0.25) is 0 Å². The molecule has 0 bridgehead atoms. The lowest BCUT2D eigenvalue weighted by atomic mass is 10.1. The van der Waals surface area contributed by atoms with Crippen molar-refractivity contribution in [3.63, 3.8) is 0 Å². The van der Waals surface area contributed by atoms with E-state index in [0.717, 1.165) is 35.7 Å². The van der Waals surface area contributed by atoms with Gasteiger partial charge in [-0.05, 0) is 30.0 Å². The van der Waals surface area contributed by atoms with E-state index in [-0.39, 0.29) is 26.2 Å². The minimum Gasteiger partial charge on any atom is -0.426 e. The van der Waals surface area contributed by atoms with Crippen molar-refractivity contribution in [3.8, 4) is 0 Å². The maximum Gasteiger partial charge on any atom is 0.434 e. The van der Waals surface area contributed by atoms with Crippen LogP contribution in [0.25, 0.3) is 0 Å². The van der Waals surface area contributed by atoms with Crippen molar-refractivity contribution in [3.05, 3.63) is 28.8 Å². The SMILES string of the molecule is CC1CCN(c2cc(Cl)ccc2CN2CCN(C(=O)OC(C(F)(F)F)C(F)(F)F)CC2)C1. The molecule has 5 nitrogen and oxygen atoms in total. The first kappa shape index (κ1) is 24.8. The van der Waals surface area contributed by atoms with Crippen LogP contribution in [-0.2, 0) is 11.3 Å². The second kappa shape index (κ2) is 9.54. The van der Waals surface area contributed by atoms with Gasteiger partial charge in [0.05, 0.1) is 0 Å². The molecule has 0 aliphatic carbocycles. The number of nitrogens with zero attached hydrogens (tertiary/aromatic N) is 3. The normalized spacial score (nSPS) is 20.8. The first-order valence-electron chi connectivity index (χ1n) is 10.2. The van der Waals surface area contributed by atoms with E-state index in [2.05, 4.69) is 16.6 Å². The van der Waals surface area contributed by atoms with Crippen molar-refractivity contribution >= 4 is 23.4 Å². The Kier molecular flexibility index (Phi) is 7.38. The van der Waals surface area contributed by atoms with E-state index in [1.54, 1.807) is 6.07 Å².